The molecule has 0 bridgehead atoms. The van der Waals surface area contributed by atoms with Crippen molar-refractivity contribution in [2.75, 3.05) is 13.1 Å². The molecular formula is C12H24N2. The number of hydrogen-bond acceptors (Lipinski definition) is 2. The van der Waals surface area contributed by atoms with Gasteiger partial charge in [-0.1, -0.05) is 6.42 Å². The van der Waals surface area contributed by atoms with E-state index in [4.69, 9.17) is 5.73 Å². The second-order valence-electron chi connectivity index (χ2n) is 5.24. The average Bonchev–Trinajstić information content (AvgIpc) is 2.12. The highest BCUT2D eigenvalue weighted by molar-refractivity contribution is 4.77. The zero-order valence-corrected chi connectivity index (χ0v) is 9.17. The van der Waals surface area contributed by atoms with Crippen LogP contribution in [0.4, 0.5) is 0 Å². The van der Waals surface area contributed by atoms with E-state index < -0.39 is 0 Å². The molecule has 0 radical (unpaired) electrons. The Kier molecular flexibility index (Phi) is 3.82. The van der Waals surface area contributed by atoms with Crippen LogP contribution in [0, 0.1) is 11.8 Å². The van der Waals surface area contributed by atoms with E-state index in [1.807, 2.05) is 0 Å². The average molecular weight is 196 g/mol. The predicted molar refractivity (Wildman–Crippen MR) is 60.1 cm³/mol. The molecule has 2 aliphatic rings. The van der Waals surface area contributed by atoms with Crippen LogP contribution in [0.15, 0.2) is 0 Å². The van der Waals surface area contributed by atoms with Crippen LogP contribution in [-0.4, -0.2) is 19.1 Å². The van der Waals surface area contributed by atoms with Gasteiger partial charge in [-0.05, 0) is 63.5 Å². The largest absolute Gasteiger partial charge is 0.328 e. The molecular weight excluding hydrogens is 172 g/mol. The Bertz CT molecular complexity index is 158. The molecule has 2 nitrogen and oxygen atoms in total. The molecule has 0 aromatic rings. The van der Waals surface area contributed by atoms with E-state index in [2.05, 4.69) is 5.32 Å². The third-order valence-corrected chi connectivity index (χ3v) is 3.98. The highest BCUT2D eigenvalue weighted by Gasteiger charge is 2.20. The molecule has 0 heterocycles. The first-order chi connectivity index (χ1) is 6.84. The first-order valence-corrected chi connectivity index (χ1v) is 6.31. The van der Waals surface area contributed by atoms with Crippen LogP contribution in [0.1, 0.15) is 44.9 Å². The van der Waals surface area contributed by atoms with Gasteiger partial charge in [0.05, 0.1) is 0 Å². The van der Waals surface area contributed by atoms with E-state index in [-0.39, 0.29) is 0 Å². The van der Waals surface area contributed by atoms with Gasteiger partial charge in [0.25, 0.3) is 0 Å². The smallest absolute Gasteiger partial charge is 0.00390 e. The number of rotatable bonds is 4. The fourth-order valence-electron chi connectivity index (χ4n) is 2.58. The summed E-state index contributed by atoms with van der Waals surface area (Å²) in [6, 6.07) is 0.498. The van der Waals surface area contributed by atoms with E-state index in [0.717, 1.165) is 11.8 Å². The number of nitrogens with one attached hydrogen (secondary N) is 1. The second-order valence-corrected chi connectivity index (χ2v) is 5.24. The van der Waals surface area contributed by atoms with Gasteiger partial charge in [-0.15, -0.1) is 0 Å². The molecule has 0 unspecified atom stereocenters. The normalized spacial score (nSPS) is 34.1. The molecule has 0 amide bonds. The number of nitrogens with two attached hydrogens (primary N) is 1. The van der Waals surface area contributed by atoms with Crippen LogP contribution in [0.5, 0.6) is 0 Å². The Hall–Kier alpha value is -0.0800. The minimum absolute atomic E-state index is 0.498. The van der Waals surface area contributed by atoms with Crippen LogP contribution in [0.3, 0.4) is 0 Å². The summed E-state index contributed by atoms with van der Waals surface area (Å²) in [6.45, 7) is 2.51. The first-order valence-electron chi connectivity index (χ1n) is 6.31. The van der Waals surface area contributed by atoms with Crippen LogP contribution in [0.2, 0.25) is 0 Å². The highest BCUT2D eigenvalue weighted by Crippen LogP contribution is 2.26. The van der Waals surface area contributed by atoms with Crippen LogP contribution in [-0.2, 0) is 0 Å². The predicted octanol–water partition coefficient (Wildman–Crippen LogP) is 1.89. The molecule has 0 saturated heterocycles. The van der Waals surface area contributed by atoms with Crippen molar-refractivity contribution in [3.8, 4) is 0 Å². The third-order valence-electron chi connectivity index (χ3n) is 3.98. The molecule has 0 spiro atoms. The van der Waals surface area contributed by atoms with E-state index in [9.17, 15) is 0 Å². The maximum absolute atomic E-state index is 5.88. The lowest BCUT2D eigenvalue weighted by Gasteiger charge is -2.29. The van der Waals surface area contributed by atoms with Crippen molar-refractivity contribution in [1.82, 2.24) is 5.32 Å². The summed E-state index contributed by atoms with van der Waals surface area (Å²) in [5.41, 5.74) is 5.88. The molecule has 14 heavy (non-hydrogen) atoms. The first kappa shape index (κ1) is 10.4. The Morgan fingerprint density at radius 1 is 0.857 bits per heavy atom. The standard InChI is InChI=1S/C12H24N2/c13-12-6-4-11(5-7-12)9-14-8-10-2-1-3-10/h10-12,14H,1-9,13H2. The van der Waals surface area contributed by atoms with E-state index in [1.54, 1.807) is 0 Å². The van der Waals surface area contributed by atoms with Crippen LogP contribution >= 0.6 is 0 Å². The van der Waals surface area contributed by atoms with Gasteiger partial charge in [0.15, 0.2) is 0 Å². The lowest BCUT2D eigenvalue weighted by Crippen LogP contribution is -2.34. The summed E-state index contributed by atoms with van der Waals surface area (Å²) in [5.74, 6) is 1.91. The maximum atomic E-state index is 5.88. The molecule has 0 aromatic carbocycles. The summed E-state index contributed by atoms with van der Waals surface area (Å²) >= 11 is 0. The fraction of sp³-hybridized carbons (Fsp3) is 1.00. The van der Waals surface area contributed by atoms with Gasteiger partial charge in [-0.2, -0.15) is 0 Å². The van der Waals surface area contributed by atoms with Gasteiger partial charge in [0, 0.05) is 6.04 Å². The molecule has 0 atom stereocenters. The summed E-state index contributed by atoms with van der Waals surface area (Å²) in [4.78, 5) is 0. The molecule has 0 aromatic heterocycles. The van der Waals surface area contributed by atoms with E-state index in [1.165, 1.54) is 58.0 Å². The summed E-state index contributed by atoms with van der Waals surface area (Å²) in [7, 11) is 0. The Morgan fingerprint density at radius 3 is 1.93 bits per heavy atom. The molecule has 2 fully saturated rings. The summed E-state index contributed by atoms with van der Waals surface area (Å²) in [6.07, 6.45) is 9.57. The minimum atomic E-state index is 0.498. The van der Waals surface area contributed by atoms with Crippen molar-refractivity contribution in [1.29, 1.82) is 0 Å². The molecule has 2 heteroatoms. The maximum Gasteiger partial charge on any atom is 0.00390 e. The lowest BCUT2D eigenvalue weighted by atomic mass is 9.84. The topological polar surface area (TPSA) is 38.0 Å². The second kappa shape index (κ2) is 5.13. The van der Waals surface area contributed by atoms with Crippen LogP contribution < -0.4 is 11.1 Å². The van der Waals surface area contributed by atoms with Crippen LogP contribution in [0.25, 0.3) is 0 Å². The SMILES string of the molecule is NC1CCC(CNCC2CCC2)CC1. The zero-order chi connectivity index (χ0) is 9.80. The molecule has 82 valence electrons. The fourth-order valence-corrected chi connectivity index (χ4v) is 2.58. The zero-order valence-electron chi connectivity index (χ0n) is 9.17. The molecule has 0 aliphatic heterocycles. The van der Waals surface area contributed by atoms with Crippen molar-refractivity contribution in [3.63, 3.8) is 0 Å². The molecule has 2 rings (SSSR count). The lowest BCUT2D eigenvalue weighted by molar-refractivity contribution is 0.272. The van der Waals surface area contributed by atoms with Crippen molar-refractivity contribution in [3.05, 3.63) is 0 Å². The highest BCUT2D eigenvalue weighted by atomic mass is 14.9. The van der Waals surface area contributed by atoms with E-state index in [0.29, 0.717) is 6.04 Å². The van der Waals surface area contributed by atoms with Gasteiger partial charge in [-0.25, -0.2) is 0 Å². The van der Waals surface area contributed by atoms with Gasteiger partial charge >= 0.3 is 0 Å². The van der Waals surface area contributed by atoms with Crippen molar-refractivity contribution in [2.45, 2.75) is 51.0 Å². The third kappa shape index (κ3) is 2.96. The van der Waals surface area contributed by atoms with Crippen molar-refractivity contribution in [2.24, 2.45) is 17.6 Å². The number of hydrogen-bond donors (Lipinski definition) is 2. The summed E-state index contributed by atoms with van der Waals surface area (Å²) < 4.78 is 0. The minimum Gasteiger partial charge on any atom is -0.328 e. The Balaban J connectivity index is 1.52. The molecule has 2 saturated carbocycles. The quantitative estimate of drug-likeness (QED) is 0.720. The van der Waals surface area contributed by atoms with Crippen molar-refractivity contribution >= 4 is 0 Å². The Labute approximate surface area is 87.6 Å². The molecule has 2 aliphatic carbocycles. The van der Waals surface area contributed by atoms with Gasteiger partial charge < -0.3 is 11.1 Å². The van der Waals surface area contributed by atoms with Crippen molar-refractivity contribution < 1.29 is 0 Å². The summed E-state index contributed by atoms with van der Waals surface area (Å²) in [5, 5.41) is 3.63. The van der Waals surface area contributed by atoms with Gasteiger partial charge in [0.1, 0.15) is 0 Å². The molecule has 3 N–H and O–H groups in total. The Morgan fingerprint density at radius 2 is 1.43 bits per heavy atom. The van der Waals surface area contributed by atoms with Gasteiger partial charge in [-0.3, -0.25) is 0 Å². The van der Waals surface area contributed by atoms with E-state index >= 15 is 0 Å². The van der Waals surface area contributed by atoms with Gasteiger partial charge in [0.2, 0.25) is 0 Å². The monoisotopic (exact) mass is 196 g/mol.